The molecule has 108 valence electrons. The summed E-state index contributed by atoms with van der Waals surface area (Å²) in [5, 5.41) is 1.12. The molecule has 1 aliphatic carbocycles. The summed E-state index contributed by atoms with van der Waals surface area (Å²) in [4.78, 5) is 7.13. The van der Waals surface area contributed by atoms with E-state index in [0.717, 1.165) is 16.3 Å². The van der Waals surface area contributed by atoms with Crippen molar-refractivity contribution in [3.63, 3.8) is 0 Å². The van der Waals surface area contributed by atoms with Crippen LogP contribution in [0.25, 0.3) is 10.2 Å². The van der Waals surface area contributed by atoms with E-state index in [1.165, 1.54) is 30.4 Å². The molecule has 1 heterocycles. The number of anilines is 2. The minimum atomic E-state index is 0.513. The number of benzene rings is 1. The van der Waals surface area contributed by atoms with Crippen molar-refractivity contribution in [1.82, 2.24) is 4.98 Å². The number of fused-ring (bicyclic) bond motifs is 1. The molecule has 1 saturated carbocycles. The van der Waals surface area contributed by atoms with Gasteiger partial charge in [-0.2, -0.15) is 0 Å². The lowest BCUT2D eigenvalue weighted by molar-refractivity contribution is 0.222. The molecule has 0 unspecified atom stereocenters. The van der Waals surface area contributed by atoms with Gasteiger partial charge in [0.1, 0.15) is 0 Å². The summed E-state index contributed by atoms with van der Waals surface area (Å²) in [6, 6.07) is 6.59. The number of aromatic nitrogens is 1. The molecule has 1 aromatic heterocycles. The first-order valence-corrected chi connectivity index (χ1v) is 8.15. The van der Waals surface area contributed by atoms with Crippen LogP contribution in [0.5, 0.6) is 0 Å². The zero-order valence-corrected chi connectivity index (χ0v) is 13.3. The Bertz CT molecular complexity index is 607. The Morgan fingerprint density at radius 2 is 2.00 bits per heavy atom. The fourth-order valence-electron chi connectivity index (χ4n) is 3.01. The van der Waals surface area contributed by atoms with Crippen LogP contribution in [-0.2, 0) is 0 Å². The summed E-state index contributed by atoms with van der Waals surface area (Å²) in [7, 11) is 2.18. The highest BCUT2D eigenvalue weighted by atomic mass is 32.1. The summed E-state index contributed by atoms with van der Waals surface area (Å²) in [5.41, 5.74) is 8.23. The highest BCUT2D eigenvalue weighted by Crippen LogP contribution is 2.39. The number of nitrogens with zero attached hydrogens (tertiary/aromatic N) is 2. The van der Waals surface area contributed by atoms with Crippen molar-refractivity contribution in [3.8, 4) is 0 Å². The number of hydrogen-bond acceptors (Lipinski definition) is 4. The topological polar surface area (TPSA) is 42.2 Å². The van der Waals surface area contributed by atoms with Gasteiger partial charge in [-0.15, -0.1) is 0 Å². The molecule has 0 radical (unpaired) electrons. The van der Waals surface area contributed by atoms with Crippen LogP contribution in [0.15, 0.2) is 18.2 Å². The van der Waals surface area contributed by atoms with Gasteiger partial charge in [0.15, 0.2) is 5.13 Å². The molecule has 0 bridgehead atoms. The van der Waals surface area contributed by atoms with Crippen molar-refractivity contribution in [2.75, 3.05) is 17.7 Å². The molecule has 0 aliphatic heterocycles. The van der Waals surface area contributed by atoms with Crippen molar-refractivity contribution < 1.29 is 0 Å². The zero-order chi connectivity index (χ0) is 14.3. The molecule has 1 fully saturated rings. The van der Waals surface area contributed by atoms with Gasteiger partial charge in [-0.3, -0.25) is 0 Å². The quantitative estimate of drug-likeness (QED) is 0.839. The molecule has 3 rings (SSSR count). The molecule has 0 spiro atoms. The first-order valence-electron chi connectivity index (χ1n) is 7.33. The Balaban J connectivity index is 1.80. The number of rotatable bonds is 2. The van der Waals surface area contributed by atoms with E-state index in [-0.39, 0.29) is 0 Å². The van der Waals surface area contributed by atoms with Crippen LogP contribution in [0.2, 0.25) is 0 Å². The highest BCUT2D eigenvalue weighted by Gasteiger charge is 2.29. The number of nitrogens with two attached hydrogens (primary N) is 1. The van der Waals surface area contributed by atoms with Gasteiger partial charge < -0.3 is 10.6 Å². The molecule has 0 atom stereocenters. The third kappa shape index (κ3) is 2.62. The zero-order valence-electron chi connectivity index (χ0n) is 12.5. The summed E-state index contributed by atoms with van der Waals surface area (Å²) in [6.45, 7) is 4.76. The second-order valence-electron chi connectivity index (χ2n) is 6.73. The van der Waals surface area contributed by atoms with E-state index in [0.29, 0.717) is 11.5 Å². The van der Waals surface area contributed by atoms with Gasteiger partial charge in [0, 0.05) is 18.8 Å². The summed E-state index contributed by atoms with van der Waals surface area (Å²) < 4.78 is 1.18. The fourth-order valence-corrected chi connectivity index (χ4v) is 4.05. The van der Waals surface area contributed by atoms with Crippen LogP contribution in [0.4, 0.5) is 10.8 Å². The minimum absolute atomic E-state index is 0.513. The van der Waals surface area contributed by atoms with Gasteiger partial charge in [0.05, 0.1) is 10.2 Å². The predicted molar refractivity (Wildman–Crippen MR) is 88.5 cm³/mol. The molecular weight excluding hydrogens is 266 g/mol. The van der Waals surface area contributed by atoms with E-state index in [1.54, 1.807) is 11.3 Å². The number of hydrogen-bond donors (Lipinski definition) is 1. The van der Waals surface area contributed by atoms with Crippen LogP contribution >= 0.6 is 11.3 Å². The molecule has 2 aromatic rings. The van der Waals surface area contributed by atoms with Crippen LogP contribution < -0.4 is 10.6 Å². The SMILES string of the molecule is CN(c1nc2ccc(N)cc2s1)C1CCC(C)(C)CC1. The third-order valence-electron chi connectivity index (χ3n) is 4.56. The molecular formula is C16H23N3S. The van der Waals surface area contributed by atoms with Crippen LogP contribution in [-0.4, -0.2) is 18.1 Å². The number of nitrogen functional groups attached to an aromatic ring is 1. The molecule has 1 aliphatic rings. The summed E-state index contributed by atoms with van der Waals surface area (Å²) in [5.74, 6) is 0. The average Bonchev–Trinajstić information content (AvgIpc) is 2.80. The summed E-state index contributed by atoms with van der Waals surface area (Å²) in [6.07, 6.45) is 5.14. The standard InChI is InChI=1S/C16H23N3S/c1-16(2)8-6-12(7-9-16)19(3)15-18-13-5-4-11(17)10-14(13)20-15/h4-5,10,12H,6-9,17H2,1-3H3. The Morgan fingerprint density at radius 1 is 1.30 bits per heavy atom. The minimum Gasteiger partial charge on any atom is -0.399 e. The van der Waals surface area contributed by atoms with Crippen molar-refractivity contribution in [2.24, 2.45) is 5.41 Å². The van der Waals surface area contributed by atoms with Crippen molar-refractivity contribution in [1.29, 1.82) is 0 Å². The van der Waals surface area contributed by atoms with Gasteiger partial charge in [0.2, 0.25) is 0 Å². The monoisotopic (exact) mass is 289 g/mol. The lowest BCUT2D eigenvalue weighted by Gasteiger charge is -2.38. The lowest BCUT2D eigenvalue weighted by atomic mass is 9.75. The van der Waals surface area contributed by atoms with Crippen LogP contribution in [0, 0.1) is 5.41 Å². The number of thiazole rings is 1. The maximum Gasteiger partial charge on any atom is 0.186 e. The van der Waals surface area contributed by atoms with E-state index in [4.69, 9.17) is 10.7 Å². The Morgan fingerprint density at radius 3 is 2.70 bits per heavy atom. The second kappa shape index (κ2) is 4.92. The molecule has 3 nitrogen and oxygen atoms in total. The van der Waals surface area contributed by atoms with Gasteiger partial charge in [-0.1, -0.05) is 25.2 Å². The van der Waals surface area contributed by atoms with Gasteiger partial charge in [-0.05, 0) is 49.3 Å². The van der Waals surface area contributed by atoms with Crippen LogP contribution in [0.1, 0.15) is 39.5 Å². The molecule has 20 heavy (non-hydrogen) atoms. The molecule has 0 amide bonds. The smallest absolute Gasteiger partial charge is 0.186 e. The Hall–Kier alpha value is -1.29. The Kier molecular flexibility index (Phi) is 3.36. The molecule has 0 saturated heterocycles. The molecule has 4 heteroatoms. The molecule has 2 N–H and O–H groups in total. The van der Waals surface area contributed by atoms with Gasteiger partial charge in [-0.25, -0.2) is 4.98 Å². The van der Waals surface area contributed by atoms with Gasteiger partial charge in [0.25, 0.3) is 0 Å². The third-order valence-corrected chi connectivity index (χ3v) is 5.67. The second-order valence-corrected chi connectivity index (χ2v) is 7.74. The first-order chi connectivity index (χ1) is 9.44. The lowest BCUT2D eigenvalue weighted by Crippen LogP contribution is -2.37. The maximum absolute atomic E-state index is 5.85. The van der Waals surface area contributed by atoms with E-state index < -0.39 is 0 Å². The van der Waals surface area contributed by atoms with E-state index >= 15 is 0 Å². The average molecular weight is 289 g/mol. The normalized spacial score (nSPS) is 19.4. The van der Waals surface area contributed by atoms with E-state index in [2.05, 4.69) is 25.8 Å². The molecule has 1 aromatic carbocycles. The maximum atomic E-state index is 5.85. The van der Waals surface area contributed by atoms with Crippen molar-refractivity contribution >= 4 is 32.4 Å². The van der Waals surface area contributed by atoms with Crippen molar-refractivity contribution in [3.05, 3.63) is 18.2 Å². The first kappa shape index (κ1) is 13.7. The largest absolute Gasteiger partial charge is 0.399 e. The van der Waals surface area contributed by atoms with Crippen molar-refractivity contribution in [2.45, 2.75) is 45.6 Å². The summed E-state index contributed by atoms with van der Waals surface area (Å²) >= 11 is 1.75. The van der Waals surface area contributed by atoms with Crippen LogP contribution in [0.3, 0.4) is 0 Å². The van der Waals surface area contributed by atoms with E-state index in [9.17, 15) is 0 Å². The Labute approximate surface area is 124 Å². The fraction of sp³-hybridized carbons (Fsp3) is 0.562. The van der Waals surface area contributed by atoms with Gasteiger partial charge >= 0.3 is 0 Å². The highest BCUT2D eigenvalue weighted by molar-refractivity contribution is 7.22. The predicted octanol–water partition coefficient (Wildman–Crippen LogP) is 4.28. The van der Waals surface area contributed by atoms with E-state index in [1.807, 2.05) is 18.2 Å².